The fourth-order valence-corrected chi connectivity index (χ4v) is 4.57. The van der Waals surface area contributed by atoms with E-state index in [9.17, 15) is 9.90 Å². The molecule has 0 spiro atoms. The van der Waals surface area contributed by atoms with Gasteiger partial charge in [0, 0.05) is 11.9 Å². The normalized spacial score (nSPS) is 11.2. The highest BCUT2D eigenvalue weighted by molar-refractivity contribution is 7.99. The molecule has 0 radical (unpaired) electrons. The second-order valence-electron chi connectivity index (χ2n) is 5.76. The SMILES string of the molecule is CC(C)CN(C)Sc1scc(NC(=O)Nc2cccc(Cl)c2Cl)c1O. The van der Waals surface area contributed by atoms with E-state index >= 15 is 0 Å². The molecule has 2 aromatic rings. The highest BCUT2D eigenvalue weighted by Gasteiger charge is 2.16. The van der Waals surface area contributed by atoms with Crippen LogP contribution in [-0.4, -0.2) is 29.0 Å². The van der Waals surface area contributed by atoms with E-state index in [4.69, 9.17) is 23.2 Å². The number of anilines is 2. The lowest BCUT2D eigenvalue weighted by molar-refractivity contribution is 0.262. The number of urea groups is 1. The number of halogens is 2. The van der Waals surface area contributed by atoms with Gasteiger partial charge in [-0.05, 0) is 37.0 Å². The van der Waals surface area contributed by atoms with Crippen LogP contribution < -0.4 is 10.6 Å². The smallest absolute Gasteiger partial charge is 0.323 e. The molecule has 0 bridgehead atoms. The number of hydrogen-bond acceptors (Lipinski definition) is 5. The zero-order chi connectivity index (χ0) is 18.6. The largest absolute Gasteiger partial charge is 0.504 e. The van der Waals surface area contributed by atoms with Gasteiger partial charge in [-0.2, -0.15) is 0 Å². The molecule has 3 N–H and O–H groups in total. The maximum Gasteiger partial charge on any atom is 0.323 e. The summed E-state index contributed by atoms with van der Waals surface area (Å²) in [5, 5.41) is 17.8. The topological polar surface area (TPSA) is 64.6 Å². The molecule has 0 saturated carbocycles. The number of benzene rings is 1. The third-order valence-electron chi connectivity index (χ3n) is 3.04. The van der Waals surface area contributed by atoms with Crippen molar-refractivity contribution < 1.29 is 9.90 Å². The summed E-state index contributed by atoms with van der Waals surface area (Å²) < 4.78 is 2.77. The van der Waals surface area contributed by atoms with E-state index in [0.717, 1.165) is 10.8 Å². The Morgan fingerprint density at radius 1 is 1.32 bits per heavy atom. The maximum atomic E-state index is 12.1. The summed E-state index contributed by atoms with van der Waals surface area (Å²) >= 11 is 14.8. The van der Waals surface area contributed by atoms with Crippen LogP contribution in [0.25, 0.3) is 0 Å². The first-order valence-electron chi connectivity index (χ1n) is 7.49. The van der Waals surface area contributed by atoms with Gasteiger partial charge in [0.15, 0.2) is 5.75 Å². The van der Waals surface area contributed by atoms with Crippen molar-refractivity contribution in [3.63, 3.8) is 0 Å². The van der Waals surface area contributed by atoms with Crippen molar-refractivity contribution >= 4 is 63.9 Å². The van der Waals surface area contributed by atoms with Gasteiger partial charge in [-0.1, -0.05) is 43.1 Å². The Bertz CT molecular complexity index is 753. The van der Waals surface area contributed by atoms with Gasteiger partial charge in [0.2, 0.25) is 0 Å². The van der Waals surface area contributed by atoms with Crippen LogP contribution in [0.3, 0.4) is 0 Å². The summed E-state index contributed by atoms with van der Waals surface area (Å²) in [5.74, 6) is 0.573. The second-order valence-corrected chi connectivity index (χ2v) is 8.90. The summed E-state index contributed by atoms with van der Waals surface area (Å²) in [6.07, 6.45) is 0. The fourth-order valence-electron chi connectivity index (χ4n) is 2.06. The Hall–Kier alpha value is -1.12. The molecule has 0 saturated heterocycles. The molecule has 136 valence electrons. The molecular formula is C16H19Cl2N3O2S2. The third kappa shape index (κ3) is 5.69. The highest BCUT2D eigenvalue weighted by Crippen LogP contribution is 2.42. The lowest BCUT2D eigenvalue weighted by Gasteiger charge is -2.16. The van der Waals surface area contributed by atoms with Crippen LogP contribution in [0.5, 0.6) is 5.75 Å². The molecule has 0 aliphatic carbocycles. The highest BCUT2D eigenvalue weighted by atomic mass is 35.5. The number of rotatable bonds is 6. The van der Waals surface area contributed by atoms with Gasteiger partial charge in [-0.25, -0.2) is 9.10 Å². The molecule has 0 aliphatic rings. The molecular weight excluding hydrogens is 401 g/mol. The van der Waals surface area contributed by atoms with Gasteiger partial charge in [0.25, 0.3) is 0 Å². The van der Waals surface area contributed by atoms with Crippen LogP contribution in [0.2, 0.25) is 10.0 Å². The average Bonchev–Trinajstić information content (AvgIpc) is 2.84. The molecule has 1 heterocycles. The molecule has 1 aromatic heterocycles. The minimum atomic E-state index is -0.510. The van der Waals surface area contributed by atoms with E-state index in [1.54, 1.807) is 23.6 Å². The molecule has 0 unspecified atom stereocenters. The maximum absolute atomic E-state index is 12.1. The molecule has 25 heavy (non-hydrogen) atoms. The van der Waals surface area contributed by atoms with Gasteiger partial charge in [-0.15, -0.1) is 11.3 Å². The van der Waals surface area contributed by atoms with E-state index in [-0.39, 0.29) is 10.8 Å². The summed E-state index contributed by atoms with van der Waals surface area (Å²) in [5.41, 5.74) is 0.744. The Balaban J connectivity index is 2.01. The van der Waals surface area contributed by atoms with Gasteiger partial charge in [-0.3, -0.25) is 0 Å². The number of aromatic hydroxyl groups is 1. The summed E-state index contributed by atoms with van der Waals surface area (Å²) in [6, 6.07) is 4.45. The number of amides is 2. The standard InChI is InChI=1S/C16H19Cl2N3O2S2/c1-9(2)7-21(3)25-15-14(22)12(8-24-15)20-16(23)19-11-6-4-5-10(17)13(11)18/h4-6,8-9,22H,7H2,1-3H3,(H2,19,20,23). The van der Waals surface area contributed by atoms with Gasteiger partial charge >= 0.3 is 6.03 Å². The minimum Gasteiger partial charge on any atom is -0.504 e. The van der Waals surface area contributed by atoms with Crippen LogP contribution >= 0.6 is 46.5 Å². The molecule has 2 rings (SSSR count). The van der Waals surface area contributed by atoms with Crippen molar-refractivity contribution in [3.05, 3.63) is 33.6 Å². The lowest BCUT2D eigenvalue weighted by Crippen LogP contribution is -2.19. The lowest BCUT2D eigenvalue weighted by atomic mass is 10.2. The van der Waals surface area contributed by atoms with Crippen molar-refractivity contribution in [2.75, 3.05) is 24.2 Å². The molecule has 0 atom stereocenters. The molecule has 2 amide bonds. The van der Waals surface area contributed by atoms with Crippen LogP contribution in [0.1, 0.15) is 13.8 Å². The predicted molar refractivity (Wildman–Crippen MR) is 108 cm³/mol. The predicted octanol–water partition coefficient (Wildman–Crippen LogP) is 6.00. The first kappa shape index (κ1) is 20.2. The van der Waals surface area contributed by atoms with Crippen LogP contribution in [0.4, 0.5) is 16.2 Å². The number of hydrogen-bond donors (Lipinski definition) is 3. The summed E-state index contributed by atoms with van der Waals surface area (Å²) in [4.78, 5) is 12.1. The molecule has 5 nitrogen and oxygen atoms in total. The zero-order valence-electron chi connectivity index (χ0n) is 14.0. The zero-order valence-corrected chi connectivity index (χ0v) is 17.1. The second kappa shape index (κ2) is 9.00. The van der Waals surface area contributed by atoms with Crippen LogP contribution in [0.15, 0.2) is 27.8 Å². The Kier molecular flexibility index (Phi) is 7.27. The average molecular weight is 420 g/mol. The number of carbonyl (C=O) groups is 1. The number of carbonyl (C=O) groups excluding carboxylic acids is 1. The van der Waals surface area contributed by atoms with Crippen molar-refractivity contribution in [1.29, 1.82) is 0 Å². The summed E-state index contributed by atoms with van der Waals surface area (Å²) in [6.45, 7) is 5.14. The quantitative estimate of drug-likeness (QED) is 0.502. The van der Waals surface area contributed by atoms with E-state index < -0.39 is 6.03 Å². The monoisotopic (exact) mass is 419 g/mol. The Morgan fingerprint density at radius 2 is 2.00 bits per heavy atom. The van der Waals surface area contributed by atoms with E-state index in [1.165, 1.54) is 23.3 Å². The Labute approximate surface area is 165 Å². The molecule has 9 heteroatoms. The van der Waals surface area contributed by atoms with Crippen molar-refractivity contribution in [1.82, 2.24) is 4.31 Å². The third-order valence-corrected chi connectivity index (χ3v) is 5.95. The van der Waals surface area contributed by atoms with Gasteiger partial charge < -0.3 is 15.7 Å². The summed E-state index contributed by atoms with van der Waals surface area (Å²) in [7, 11) is 1.96. The number of nitrogens with zero attached hydrogens (tertiary/aromatic N) is 1. The van der Waals surface area contributed by atoms with E-state index in [1.807, 2.05) is 11.4 Å². The number of thiophene rings is 1. The first-order valence-corrected chi connectivity index (χ1v) is 9.90. The van der Waals surface area contributed by atoms with Crippen molar-refractivity contribution in [2.45, 2.75) is 18.1 Å². The van der Waals surface area contributed by atoms with Crippen molar-refractivity contribution in [2.24, 2.45) is 5.92 Å². The van der Waals surface area contributed by atoms with Gasteiger partial charge in [0.1, 0.15) is 4.21 Å². The minimum absolute atomic E-state index is 0.0537. The molecule has 0 aliphatic heterocycles. The van der Waals surface area contributed by atoms with Crippen LogP contribution in [-0.2, 0) is 0 Å². The van der Waals surface area contributed by atoms with Crippen molar-refractivity contribution in [3.8, 4) is 5.75 Å². The van der Waals surface area contributed by atoms with E-state index in [0.29, 0.717) is 22.3 Å². The molecule has 1 aromatic carbocycles. The fraction of sp³-hybridized carbons (Fsp3) is 0.312. The number of nitrogens with one attached hydrogen (secondary N) is 2. The molecule has 0 fully saturated rings. The Morgan fingerprint density at radius 3 is 2.68 bits per heavy atom. The van der Waals surface area contributed by atoms with Crippen LogP contribution in [0, 0.1) is 5.92 Å². The van der Waals surface area contributed by atoms with Gasteiger partial charge in [0.05, 0.1) is 21.4 Å². The van der Waals surface area contributed by atoms with E-state index in [2.05, 4.69) is 24.5 Å². The first-order chi connectivity index (χ1) is 11.8.